The van der Waals surface area contributed by atoms with Crippen LogP contribution in [0.25, 0.3) is 0 Å². The summed E-state index contributed by atoms with van der Waals surface area (Å²) in [6.07, 6.45) is 0. The molecule has 20 heavy (non-hydrogen) atoms. The number of anilines is 2. The summed E-state index contributed by atoms with van der Waals surface area (Å²) in [6.45, 7) is 1.77. The van der Waals surface area contributed by atoms with Crippen LogP contribution in [0.4, 0.5) is 11.4 Å². The first-order valence-electron chi connectivity index (χ1n) is 5.63. The van der Waals surface area contributed by atoms with Gasteiger partial charge in [-0.3, -0.25) is 4.72 Å². The van der Waals surface area contributed by atoms with E-state index in [4.69, 9.17) is 17.3 Å². The molecular weight excluding hydrogens is 411 g/mol. The van der Waals surface area contributed by atoms with Crippen LogP contribution in [0.3, 0.4) is 0 Å². The van der Waals surface area contributed by atoms with Crippen molar-refractivity contribution in [2.75, 3.05) is 10.5 Å². The maximum atomic E-state index is 12.3. The Morgan fingerprint density at radius 1 is 1.20 bits per heavy atom. The minimum atomic E-state index is -3.76. The number of hydrogen-bond acceptors (Lipinski definition) is 3. The van der Waals surface area contributed by atoms with Crippen molar-refractivity contribution in [3.63, 3.8) is 0 Å². The van der Waals surface area contributed by atoms with E-state index < -0.39 is 10.0 Å². The van der Waals surface area contributed by atoms with E-state index in [-0.39, 0.29) is 9.92 Å². The zero-order valence-electron chi connectivity index (χ0n) is 10.5. The van der Waals surface area contributed by atoms with Crippen LogP contribution in [-0.2, 0) is 10.0 Å². The van der Waals surface area contributed by atoms with Gasteiger partial charge >= 0.3 is 0 Å². The van der Waals surface area contributed by atoms with Gasteiger partial charge in [-0.15, -0.1) is 0 Å². The van der Waals surface area contributed by atoms with Gasteiger partial charge in [-0.25, -0.2) is 8.42 Å². The largest absolute Gasteiger partial charge is 0.398 e. The molecule has 0 spiro atoms. The quantitative estimate of drug-likeness (QED) is 0.586. The van der Waals surface area contributed by atoms with Crippen molar-refractivity contribution in [3.8, 4) is 0 Å². The van der Waals surface area contributed by atoms with Crippen molar-refractivity contribution in [1.82, 2.24) is 0 Å². The fraction of sp³-hybridized carbons (Fsp3) is 0.0769. The topological polar surface area (TPSA) is 72.2 Å². The van der Waals surface area contributed by atoms with E-state index in [1.54, 1.807) is 25.1 Å². The second-order valence-corrected chi connectivity index (χ2v) is 7.56. The van der Waals surface area contributed by atoms with E-state index in [1.165, 1.54) is 6.07 Å². The molecule has 2 aromatic carbocycles. The van der Waals surface area contributed by atoms with Gasteiger partial charge < -0.3 is 5.73 Å². The Kier molecular flexibility index (Phi) is 4.46. The van der Waals surface area contributed by atoms with Gasteiger partial charge in [-0.05, 0) is 71.5 Å². The van der Waals surface area contributed by atoms with E-state index >= 15 is 0 Å². The van der Waals surface area contributed by atoms with Crippen LogP contribution in [-0.4, -0.2) is 8.42 Å². The Hall–Kier alpha value is -0.990. The average molecular weight is 423 g/mol. The monoisotopic (exact) mass is 422 g/mol. The molecule has 3 N–H and O–H groups in total. The van der Waals surface area contributed by atoms with Crippen molar-refractivity contribution in [1.29, 1.82) is 0 Å². The molecule has 0 saturated heterocycles. The lowest BCUT2D eigenvalue weighted by atomic mass is 10.2. The lowest BCUT2D eigenvalue weighted by molar-refractivity contribution is 0.601. The van der Waals surface area contributed by atoms with E-state index in [9.17, 15) is 8.42 Å². The minimum absolute atomic E-state index is 0.0270. The molecular formula is C13H12ClIN2O2S. The molecule has 7 heteroatoms. The molecule has 0 aliphatic heterocycles. The predicted octanol–water partition coefficient (Wildman–Crippen LogP) is 3.64. The highest BCUT2D eigenvalue weighted by Gasteiger charge is 2.19. The molecule has 2 aromatic rings. The molecule has 4 nitrogen and oxygen atoms in total. The standard InChI is InChI=1S/C13H12ClIN2O2S/c1-8-6-11(14)13(7-12(8)16)20(18,19)17-10-4-2-9(15)3-5-10/h2-7,17H,16H2,1H3. The van der Waals surface area contributed by atoms with Crippen LogP contribution in [0.5, 0.6) is 0 Å². The van der Waals surface area contributed by atoms with Gasteiger partial charge in [0, 0.05) is 14.9 Å². The highest BCUT2D eigenvalue weighted by atomic mass is 127. The van der Waals surface area contributed by atoms with Gasteiger partial charge in [0.25, 0.3) is 10.0 Å². The Balaban J connectivity index is 2.40. The number of hydrogen-bond donors (Lipinski definition) is 2. The fourth-order valence-electron chi connectivity index (χ4n) is 1.60. The summed E-state index contributed by atoms with van der Waals surface area (Å²) in [4.78, 5) is -0.0270. The van der Waals surface area contributed by atoms with Crippen molar-refractivity contribution in [3.05, 3.63) is 50.6 Å². The Labute approximate surface area is 136 Å². The van der Waals surface area contributed by atoms with Crippen LogP contribution in [0, 0.1) is 10.5 Å². The Morgan fingerprint density at radius 3 is 2.40 bits per heavy atom. The normalized spacial score (nSPS) is 11.3. The number of halogens is 2. The number of benzene rings is 2. The number of nitrogens with two attached hydrogens (primary N) is 1. The molecule has 0 radical (unpaired) electrons. The molecule has 106 valence electrons. The molecule has 2 rings (SSSR count). The van der Waals surface area contributed by atoms with Crippen LogP contribution in [0.2, 0.25) is 5.02 Å². The highest BCUT2D eigenvalue weighted by Crippen LogP contribution is 2.28. The summed E-state index contributed by atoms with van der Waals surface area (Å²) in [5, 5.41) is 0.148. The zero-order chi connectivity index (χ0) is 14.9. The van der Waals surface area contributed by atoms with Gasteiger partial charge in [0.15, 0.2) is 0 Å². The van der Waals surface area contributed by atoms with E-state index in [1.807, 2.05) is 12.1 Å². The third-order valence-electron chi connectivity index (χ3n) is 2.71. The van der Waals surface area contributed by atoms with Crippen molar-refractivity contribution < 1.29 is 8.42 Å². The second kappa shape index (κ2) is 5.79. The minimum Gasteiger partial charge on any atom is -0.398 e. The first kappa shape index (κ1) is 15.4. The SMILES string of the molecule is Cc1cc(Cl)c(S(=O)(=O)Nc2ccc(I)cc2)cc1N. The molecule has 0 aliphatic carbocycles. The first-order valence-corrected chi connectivity index (χ1v) is 8.57. The fourth-order valence-corrected chi connectivity index (χ4v) is 3.64. The summed E-state index contributed by atoms with van der Waals surface area (Å²) in [6, 6.07) is 9.90. The van der Waals surface area contributed by atoms with Gasteiger partial charge in [0.1, 0.15) is 4.90 Å². The molecule has 0 aliphatic rings. The third-order valence-corrected chi connectivity index (χ3v) is 5.27. The maximum absolute atomic E-state index is 12.3. The lowest BCUT2D eigenvalue weighted by Crippen LogP contribution is -2.14. The molecule has 0 aromatic heterocycles. The number of nitrogen functional groups attached to an aromatic ring is 1. The molecule has 0 amide bonds. The van der Waals surface area contributed by atoms with Gasteiger partial charge in [-0.2, -0.15) is 0 Å². The van der Waals surface area contributed by atoms with Crippen LogP contribution in [0.15, 0.2) is 41.3 Å². The first-order chi connectivity index (χ1) is 9.29. The summed E-state index contributed by atoms with van der Waals surface area (Å²) < 4.78 is 28.1. The van der Waals surface area contributed by atoms with Gasteiger partial charge in [0.05, 0.1) is 5.02 Å². The maximum Gasteiger partial charge on any atom is 0.263 e. The highest BCUT2D eigenvalue weighted by molar-refractivity contribution is 14.1. The van der Waals surface area contributed by atoms with Crippen LogP contribution in [0.1, 0.15) is 5.56 Å². The number of aryl methyl sites for hydroxylation is 1. The average Bonchev–Trinajstić information content (AvgIpc) is 2.36. The van der Waals surface area contributed by atoms with E-state index in [0.29, 0.717) is 11.4 Å². The van der Waals surface area contributed by atoms with Crippen molar-refractivity contribution >= 4 is 55.6 Å². The summed E-state index contributed by atoms with van der Waals surface area (Å²) in [5.41, 5.74) is 7.35. The smallest absolute Gasteiger partial charge is 0.263 e. The molecule has 0 bridgehead atoms. The molecule has 0 atom stereocenters. The van der Waals surface area contributed by atoms with Crippen LogP contribution < -0.4 is 10.5 Å². The molecule has 0 saturated carbocycles. The van der Waals surface area contributed by atoms with Crippen molar-refractivity contribution in [2.24, 2.45) is 0 Å². The molecule has 0 fully saturated rings. The Bertz CT molecular complexity index is 746. The summed E-state index contributed by atoms with van der Waals surface area (Å²) in [7, 11) is -3.76. The summed E-state index contributed by atoms with van der Waals surface area (Å²) in [5.74, 6) is 0. The van der Waals surface area contributed by atoms with E-state index in [0.717, 1.165) is 9.13 Å². The molecule has 0 heterocycles. The second-order valence-electron chi connectivity index (χ2n) is 4.25. The molecule has 0 unspecified atom stereocenters. The summed E-state index contributed by atoms with van der Waals surface area (Å²) >= 11 is 8.15. The Morgan fingerprint density at radius 2 is 1.80 bits per heavy atom. The zero-order valence-corrected chi connectivity index (χ0v) is 14.3. The van der Waals surface area contributed by atoms with Gasteiger partial charge in [-0.1, -0.05) is 11.6 Å². The number of nitrogens with one attached hydrogen (secondary N) is 1. The number of rotatable bonds is 3. The van der Waals surface area contributed by atoms with Gasteiger partial charge in [0.2, 0.25) is 0 Å². The van der Waals surface area contributed by atoms with E-state index in [2.05, 4.69) is 27.3 Å². The number of sulfonamides is 1. The lowest BCUT2D eigenvalue weighted by Gasteiger charge is -2.11. The third kappa shape index (κ3) is 3.36. The van der Waals surface area contributed by atoms with Crippen LogP contribution >= 0.6 is 34.2 Å². The van der Waals surface area contributed by atoms with Crippen molar-refractivity contribution in [2.45, 2.75) is 11.8 Å². The predicted molar refractivity (Wildman–Crippen MR) is 90.6 cm³/mol.